The number of carbonyl (C=O) groups excluding carboxylic acids is 2. The zero-order valence-electron chi connectivity index (χ0n) is 18.3. The fourth-order valence-electron chi connectivity index (χ4n) is 3.88. The van der Waals surface area contributed by atoms with Gasteiger partial charge in [0.2, 0.25) is 5.91 Å². The molecule has 3 N–H and O–H groups in total. The second-order valence-electron chi connectivity index (χ2n) is 7.70. The van der Waals surface area contributed by atoms with Gasteiger partial charge in [-0.2, -0.15) is 0 Å². The van der Waals surface area contributed by atoms with Gasteiger partial charge in [-0.15, -0.1) is 0 Å². The molecule has 4 nitrogen and oxygen atoms in total. The highest BCUT2D eigenvalue weighted by Gasteiger charge is 2.31. The molecule has 0 saturated heterocycles. The Morgan fingerprint density at radius 2 is 1.77 bits per heavy atom. The van der Waals surface area contributed by atoms with Gasteiger partial charge in [0.1, 0.15) is 5.76 Å². The summed E-state index contributed by atoms with van der Waals surface area (Å²) in [4.78, 5) is 24.4. The van der Waals surface area contributed by atoms with E-state index in [0.29, 0.717) is 22.3 Å². The van der Waals surface area contributed by atoms with Crippen LogP contribution in [0.25, 0.3) is 0 Å². The highest BCUT2D eigenvalue weighted by atomic mass is 16.3. The van der Waals surface area contributed by atoms with Crippen molar-refractivity contribution in [3.63, 3.8) is 0 Å². The van der Waals surface area contributed by atoms with Gasteiger partial charge >= 0.3 is 0 Å². The molecule has 0 spiro atoms. The van der Waals surface area contributed by atoms with E-state index in [9.17, 15) is 14.7 Å². The topological polar surface area (TPSA) is 80.4 Å². The molecule has 30 heavy (non-hydrogen) atoms. The molecule has 1 aliphatic carbocycles. The van der Waals surface area contributed by atoms with Gasteiger partial charge in [-0.1, -0.05) is 31.4 Å². The summed E-state index contributed by atoms with van der Waals surface area (Å²) in [5, 5.41) is 11.0. The van der Waals surface area contributed by atoms with Crippen molar-refractivity contribution in [2.24, 2.45) is 5.73 Å². The first-order chi connectivity index (χ1) is 14.0. The number of nitrogens with two attached hydrogens (primary N) is 1. The number of carbonyl (C=O) groups is 2. The lowest BCUT2D eigenvalue weighted by molar-refractivity contribution is -0.113. The van der Waals surface area contributed by atoms with E-state index in [4.69, 9.17) is 5.73 Å². The molecule has 4 heteroatoms. The second kappa shape index (κ2) is 8.95. The minimum atomic E-state index is -0.548. The number of Topliss-reactive ketones (excluding diaryl/α,β-unsaturated/α-hetero) is 1. The third-order valence-electron chi connectivity index (χ3n) is 5.55. The van der Waals surface area contributed by atoms with Gasteiger partial charge in [0.15, 0.2) is 5.78 Å². The first-order valence-corrected chi connectivity index (χ1v) is 9.73. The zero-order chi connectivity index (χ0) is 22.7. The molecule has 2 rings (SSSR count). The van der Waals surface area contributed by atoms with Gasteiger partial charge in [-0.05, 0) is 86.2 Å². The summed E-state index contributed by atoms with van der Waals surface area (Å²) in [6.07, 6.45) is 5.15. The number of hydrogen-bond donors (Lipinski definition) is 2. The Hall–Kier alpha value is -3.40. The molecular formula is C26H29NO3. The van der Waals surface area contributed by atoms with Crippen molar-refractivity contribution in [2.45, 2.75) is 40.5 Å². The second-order valence-corrected chi connectivity index (χ2v) is 7.70. The molecule has 0 saturated carbocycles. The number of amides is 1. The largest absolute Gasteiger partial charge is 0.508 e. The number of ketones is 1. The number of aliphatic hydroxyl groups is 1. The number of benzene rings is 1. The van der Waals surface area contributed by atoms with Crippen molar-refractivity contribution in [1.82, 2.24) is 0 Å². The maximum atomic E-state index is 12.8. The van der Waals surface area contributed by atoms with E-state index in [1.807, 2.05) is 33.8 Å². The Bertz CT molecular complexity index is 1080. The lowest BCUT2D eigenvalue weighted by atomic mass is 9.76. The van der Waals surface area contributed by atoms with Crippen LogP contribution in [-0.2, 0) is 4.79 Å². The highest BCUT2D eigenvalue weighted by molar-refractivity contribution is 5.97. The van der Waals surface area contributed by atoms with Crippen LogP contribution in [0.5, 0.6) is 0 Å². The molecule has 0 bridgehead atoms. The lowest BCUT2D eigenvalue weighted by Crippen LogP contribution is -2.18. The summed E-state index contributed by atoms with van der Waals surface area (Å²) in [6.45, 7) is 16.9. The first kappa shape index (κ1) is 22.9. The van der Waals surface area contributed by atoms with Crippen LogP contribution in [0, 0.1) is 6.92 Å². The number of aryl methyl sites for hydroxylation is 1. The Labute approximate surface area is 178 Å². The van der Waals surface area contributed by atoms with Crippen LogP contribution in [0.15, 0.2) is 88.8 Å². The number of hydrogen-bond acceptors (Lipinski definition) is 3. The van der Waals surface area contributed by atoms with Gasteiger partial charge in [-0.25, -0.2) is 0 Å². The fraction of sp³-hybridized carbons (Fsp3) is 0.231. The van der Waals surface area contributed by atoms with Crippen molar-refractivity contribution >= 4 is 11.7 Å². The van der Waals surface area contributed by atoms with Crippen molar-refractivity contribution < 1.29 is 14.7 Å². The molecule has 0 aliphatic heterocycles. The molecule has 0 fully saturated rings. The number of aliphatic hydroxyl groups excluding tert-OH is 1. The van der Waals surface area contributed by atoms with Crippen LogP contribution >= 0.6 is 0 Å². The molecule has 0 radical (unpaired) electrons. The van der Waals surface area contributed by atoms with Crippen LogP contribution in [0.1, 0.15) is 55.1 Å². The molecule has 1 atom stereocenters. The average Bonchev–Trinajstić information content (AvgIpc) is 2.74. The van der Waals surface area contributed by atoms with Gasteiger partial charge in [0, 0.05) is 22.6 Å². The van der Waals surface area contributed by atoms with Crippen LogP contribution in [-0.4, -0.2) is 16.8 Å². The molecule has 0 aromatic heterocycles. The highest BCUT2D eigenvalue weighted by Crippen LogP contribution is 2.43. The Balaban J connectivity index is 2.97. The molecule has 1 unspecified atom stereocenters. The summed E-state index contributed by atoms with van der Waals surface area (Å²) in [6, 6.07) is 5.15. The molecule has 156 valence electrons. The quantitative estimate of drug-likeness (QED) is 0.483. The minimum Gasteiger partial charge on any atom is -0.508 e. The van der Waals surface area contributed by atoms with Gasteiger partial charge in [0.05, 0.1) is 0 Å². The van der Waals surface area contributed by atoms with E-state index >= 15 is 0 Å². The molecule has 1 amide bonds. The number of primary amides is 1. The molecule has 1 aromatic carbocycles. The van der Waals surface area contributed by atoms with Gasteiger partial charge < -0.3 is 10.8 Å². The zero-order valence-corrected chi connectivity index (χ0v) is 18.3. The Morgan fingerprint density at radius 3 is 2.27 bits per heavy atom. The fourth-order valence-corrected chi connectivity index (χ4v) is 3.88. The van der Waals surface area contributed by atoms with Gasteiger partial charge in [0.25, 0.3) is 0 Å². The maximum Gasteiger partial charge on any atom is 0.248 e. The van der Waals surface area contributed by atoms with Crippen molar-refractivity contribution in [2.75, 3.05) is 0 Å². The smallest absolute Gasteiger partial charge is 0.248 e. The summed E-state index contributed by atoms with van der Waals surface area (Å²) in [7, 11) is 0. The van der Waals surface area contributed by atoms with E-state index in [1.54, 1.807) is 30.4 Å². The molecular weight excluding hydrogens is 374 g/mol. The van der Waals surface area contributed by atoms with Crippen LogP contribution in [0.4, 0.5) is 0 Å². The Morgan fingerprint density at radius 1 is 1.13 bits per heavy atom. The Kier molecular flexibility index (Phi) is 6.83. The van der Waals surface area contributed by atoms with Crippen molar-refractivity contribution in [3.05, 3.63) is 105 Å². The van der Waals surface area contributed by atoms with E-state index < -0.39 is 11.8 Å². The van der Waals surface area contributed by atoms with Gasteiger partial charge in [-0.3, -0.25) is 9.59 Å². The van der Waals surface area contributed by atoms with E-state index in [-0.39, 0.29) is 11.5 Å². The predicted octanol–water partition coefficient (Wildman–Crippen LogP) is 5.54. The monoisotopic (exact) mass is 403 g/mol. The van der Waals surface area contributed by atoms with Crippen LogP contribution in [0.3, 0.4) is 0 Å². The summed E-state index contributed by atoms with van der Waals surface area (Å²) < 4.78 is 0. The SMILES string of the molecule is C=C/C(C)=C(/C(C)=O)C(C1=C(C)C(C)=CC(=C)C=C1O)c1ccc(C(N)=O)cc1C. The number of rotatable bonds is 6. The molecule has 0 heterocycles. The average molecular weight is 404 g/mol. The summed E-state index contributed by atoms with van der Waals surface area (Å²) >= 11 is 0. The summed E-state index contributed by atoms with van der Waals surface area (Å²) in [5.41, 5.74) is 11.8. The predicted molar refractivity (Wildman–Crippen MR) is 122 cm³/mol. The molecule has 1 aliphatic rings. The van der Waals surface area contributed by atoms with Crippen molar-refractivity contribution in [1.29, 1.82) is 0 Å². The third-order valence-corrected chi connectivity index (χ3v) is 5.55. The maximum absolute atomic E-state index is 12.8. The summed E-state index contributed by atoms with van der Waals surface area (Å²) in [5.74, 6) is -1.13. The normalized spacial score (nSPS) is 16.2. The standard InChI is InChI=1S/C26H29NO3/c1-8-15(3)23(19(7)28)25(21-10-9-20(26(27)30)13-17(21)5)24-18(6)16(4)11-14(2)12-22(24)29/h8-13,25,29H,1-2H2,3-7H3,(H2,27,30)/b23-15-. The lowest BCUT2D eigenvalue weighted by Gasteiger charge is -2.27. The van der Waals surface area contributed by atoms with E-state index in [0.717, 1.165) is 27.8 Å². The third kappa shape index (κ3) is 4.43. The van der Waals surface area contributed by atoms with E-state index in [1.165, 1.54) is 6.92 Å². The first-order valence-electron chi connectivity index (χ1n) is 9.73. The van der Waals surface area contributed by atoms with Crippen LogP contribution < -0.4 is 5.73 Å². The molecule has 1 aromatic rings. The van der Waals surface area contributed by atoms with E-state index in [2.05, 4.69) is 13.2 Å². The van der Waals surface area contributed by atoms with Crippen LogP contribution in [0.2, 0.25) is 0 Å². The number of allylic oxidation sites excluding steroid dienone is 9. The minimum absolute atomic E-state index is 0.0598. The van der Waals surface area contributed by atoms with Crippen molar-refractivity contribution in [3.8, 4) is 0 Å².